The molecule has 0 aliphatic rings. The van der Waals surface area contributed by atoms with Crippen molar-refractivity contribution >= 4 is 32.7 Å². The molecule has 0 saturated heterocycles. The lowest BCUT2D eigenvalue weighted by atomic mass is 10.0. The van der Waals surface area contributed by atoms with Gasteiger partial charge in [-0.1, -0.05) is 56.3 Å². The fraction of sp³-hybridized carbons (Fsp3) is 0.219. The van der Waals surface area contributed by atoms with E-state index in [4.69, 9.17) is 4.74 Å². The number of nitrogens with one attached hydrogen (secondary N) is 4. The van der Waals surface area contributed by atoms with Gasteiger partial charge in [0.05, 0.1) is 23.3 Å². The van der Waals surface area contributed by atoms with Crippen LogP contribution in [-0.4, -0.2) is 42.4 Å². The number of ether oxygens (including phenoxy) is 1. The van der Waals surface area contributed by atoms with E-state index in [0.29, 0.717) is 29.5 Å². The summed E-state index contributed by atoms with van der Waals surface area (Å²) in [7, 11) is -3.52. The molecule has 0 spiro atoms. The molecule has 43 heavy (non-hydrogen) atoms. The van der Waals surface area contributed by atoms with Crippen molar-refractivity contribution in [2.45, 2.75) is 32.1 Å². The van der Waals surface area contributed by atoms with Crippen molar-refractivity contribution < 1.29 is 17.9 Å². The Labute approximate surface area is 251 Å². The van der Waals surface area contributed by atoms with E-state index in [1.807, 2.05) is 36.4 Å². The second-order valence-electron chi connectivity index (χ2n) is 10.4. The first kappa shape index (κ1) is 29.7. The number of sulfonamides is 1. The van der Waals surface area contributed by atoms with Crippen molar-refractivity contribution in [1.29, 1.82) is 0 Å². The molecule has 0 unspecified atom stereocenters. The number of pyridine rings is 1. The molecule has 0 fully saturated rings. The van der Waals surface area contributed by atoms with Gasteiger partial charge >= 0.3 is 0 Å². The number of hydrogen-bond donors (Lipinski definition) is 4. The summed E-state index contributed by atoms with van der Waals surface area (Å²) in [5.41, 5.74) is 4.79. The molecule has 5 aromatic rings. The molecule has 0 atom stereocenters. The van der Waals surface area contributed by atoms with Crippen molar-refractivity contribution in [3.8, 4) is 11.5 Å². The molecule has 0 aliphatic carbocycles. The van der Waals surface area contributed by atoms with Crippen LogP contribution in [0.5, 0.6) is 11.5 Å². The molecule has 2 heterocycles. The van der Waals surface area contributed by atoms with Crippen molar-refractivity contribution in [2.24, 2.45) is 0 Å². The van der Waals surface area contributed by atoms with Gasteiger partial charge in [-0.2, -0.15) is 0 Å². The van der Waals surface area contributed by atoms with Crippen molar-refractivity contribution in [1.82, 2.24) is 25.0 Å². The maximum absolute atomic E-state index is 12.6. The molecule has 0 saturated carbocycles. The number of amides is 1. The fourth-order valence-electron chi connectivity index (χ4n) is 4.44. The van der Waals surface area contributed by atoms with E-state index in [0.717, 1.165) is 22.5 Å². The van der Waals surface area contributed by atoms with Crippen LogP contribution in [0.3, 0.4) is 0 Å². The highest BCUT2D eigenvalue weighted by molar-refractivity contribution is 7.88. The molecule has 11 heteroatoms. The first-order valence-electron chi connectivity index (χ1n) is 14.0. The van der Waals surface area contributed by atoms with E-state index in [9.17, 15) is 13.2 Å². The largest absolute Gasteiger partial charge is 0.457 e. The van der Waals surface area contributed by atoms with Crippen LogP contribution in [0.2, 0.25) is 0 Å². The zero-order chi connectivity index (χ0) is 30.2. The molecular formula is C32H34N6O4S. The zero-order valence-corrected chi connectivity index (χ0v) is 24.8. The van der Waals surface area contributed by atoms with Gasteiger partial charge in [-0.05, 0) is 47.4 Å². The second-order valence-corrected chi connectivity index (χ2v) is 12.2. The summed E-state index contributed by atoms with van der Waals surface area (Å²) in [6.45, 7) is 5.05. The molecule has 5 rings (SSSR count). The fourth-order valence-corrected chi connectivity index (χ4v) is 5.58. The first-order valence-corrected chi connectivity index (χ1v) is 15.7. The number of carbonyl (C=O) groups is 1. The highest BCUT2D eigenvalue weighted by Gasteiger charge is 2.13. The van der Waals surface area contributed by atoms with Crippen LogP contribution >= 0.6 is 0 Å². The first-order chi connectivity index (χ1) is 20.7. The minimum Gasteiger partial charge on any atom is -0.457 e. The summed E-state index contributed by atoms with van der Waals surface area (Å²) in [5, 5.41) is 6.10. The Morgan fingerprint density at radius 2 is 1.74 bits per heavy atom. The average molecular weight is 599 g/mol. The Kier molecular flexibility index (Phi) is 9.33. The van der Waals surface area contributed by atoms with E-state index in [-0.39, 0.29) is 24.5 Å². The Balaban J connectivity index is 1.14. The predicted molar refractivity (Wildman–Crippen MR) is 168 cm³/mol. The number of aromatic nitrogens is 3. The number of anilines is 1. The van der Waals surface area contributed by atoms with E-state index >= 15 is 0 Å². The summed E-state index contributed by atoms with van der Waals surface area (Å²) in [6, 6.07) is 26.0. The van der Waals surface area contributed by atoms with Crippen LogP contribution in [0.25, 0.3) is 11.0 Å². The molecule has 3 aromatic carbocycles. The number of benzene rings is 3. The summed E-state index contributed by atoms with van der Waals surface area (Å²) in [5.74, 6) is 1.70. The molecule has 0 radical (unpaired) electrons. The minimum absolute atomic E-state index is 0.0587. The monoisotopic (exact) mass is 598 g/mol. The van der Waals surface area contributed by atoms with E-state index in [1.54, 1.807) is 30.3 Å². The summed E-state index contributed by atoms with van der Waals surface area (Å²) in [6.07, 6.45) is 1.49. The number of nitrogens with zero attached hydrogens (tertiary/aromatic N) is 2. The summed E-state index contributed by atoms with van der Waals surface area (Å²) in [4.78, 5) is 24.8. The van der Waals surface area contributed by atoms with Gasteiger partial charge in [0.15, 0.2) is 0 Å². The van der Waals surface area contributed by atoms with Crippen molar-refractivity contribution in [3.63, 3.8) is 0 Å². The third-order valence-electron chi connectivity index (χ3n) is 6.65. The third kappa shape index (κ3) is 8.40. The van der Waals surface area contributed by atoms with Gasteiger partial charge in [0.1, 0.15) is 23.0 Å². The molecule has 2 aromatic heterocycles. The standard InChI is InChI=1S/C32H34N6O4S/c1-22(2)24-9-6-10-25(17-24)35-20-31-37-28-12-11-26(18-29(28)38-31)42-27-13-14-33-30(19-27)32(39)34-15-16-36-43(40,41)21-23-7-4-3-5-8-23/h3-14,17-19,22,35-36H,15-16,20-21H2,1-2H3,(H,34,39)(H,37,38). The number of imidazole rings is 1. The molecular weight excluding hydrogens is 564 g/mol. The Bertz CT molecular complexity index is 1810. The van der Waals surface area contributed by atoms with E-state index < -0.39 is 15.9 Å². The molecule has 222 valence electrons. The van der Waals surface area contributed by atoms with Crippen molar-refractivity contribution in [2.75, 3.05) is 18.4 Å². The van der Waals surface area contributed by atoms with Crippen molar-refractivity contribution in [3.05, 3.63) is 114 Å². The highest BCUT2D eigenvalue weighted by atomic mass is 32.2. The Hall–Kier alpha value is -4.74. The van der Waals surface area contributed by atoms with Gasteiger partial charge in [-0.3, -0.25) is 9.78 Å². The van der Waals surface area contributed by atoms with Gasteiger partial charge in [0.2, 0.25) is 10.0 Å². The topological polar surface area (TPSA) is 138 Å². The average Bonchev–Trinajstić information content (AvgIpc) is 3.41. The number of aromatic amines is 1. The summed E-state index contributed by atoms with van der Waals surface area (Å²) >= 11 is 0. The predicted octanol–water partition coefficient (Wildman–Crippen LogP) is 5.34. The molecule has 1 amide bonds. The number of carbonyl (C=O) groups excluding carboxylic acids is 1. The Morgan fingerprint density at radius 1 is 0.930 bits per heavy atom. The number of H-pyrrole nitrogens is 1. The maximum Gasteiger partial charge on any atom is 0.270 e. The SMILES string of the molecule is CC(C)c1cccc(NCc2nc3ccc(Oc4ccnc(C(=O)NCCNS(=O)(=O)Cc5ccccc5)c4)cc3[nH]2)c1. The lowest BCUT2D eigenvalue weighted by molar-refractivity contribution is 0.0949. The zero-order valence-electron chi connectivity index (χ0n) is 24.0. The van der Waals surface area contributed by atoms with Gasteiger partial charge in [-0.25, -0.2) is 18.1 Å². The van der Waals surface area contributed by atoms with E-state index in [2.05, 4.69) is 56.3 Å². The molecule has 10 nitrogen and oxygen atoms in total. The van der Waals surface area contributed by atoms with Crippen LogP contribution in [0.15, 0.2) is 91.1 Å². The van der Waals surface area contributed by atoms with Crippen LogP contribution in [-0.2, 0) is 22.3 Å². The van der Waals surface area contributed by atoms with Gasteiger partial charge in [-0.15, -0.1) is 0 Å². The number of hydrogen-bond acceptors (Lipinski definition) is 7. The lowest BCUT2D eigenvalue weighted by Crippen LogP contribution is -2.35. The smallest absolute Gasteiger partial charge is 0.270 e. The summed E-state index contributed by atoms with van der Waals surface area (Å²) < 4.78 is 33.1. The van der Waals surface area contributed by atoms with Gasteiger partial charge in [0.25, 0.3) is 5.91 Å². The molecule has 4 N–H and O–H groups in total. The van der Waals surface area contributed by atoms with Crippen LogP contribution in [0.1, 0.15) is 47.2 Å². The minimum atomic E-state index is -3.52. The van der Waals surface area contributed by atoms with E-state index in [1.165, 1.54) is 17.8 Å². The van der Waals surface area contributed by atoms with Gasteiger partial charge in [0, 0.05) is 37.1 Å². The molecule has 0 aliphatic heterocycles. The maximum atomic E-state index is 12.6. The number of rotatable bonds is 13. The number of fused-ring (bicyclic) bond motifs is 1. The second kappa shape index (κ2) is 13.5. The van der Waals surface area contributed by atoms with Crippen LogP contribution < -0.4 is 20.1 Å². The third-order valence-corrected chi connectivity index (χ3v) is 8.00. The molecule has 0 bridgehead atoms. The van der Waals surface area contributed by atoms with Crippen LogP contribution in [0.4, 0.5) is 5.69 Å². The van der Waals surface area contributed by atoms with Crippen LogP contribution in [0, 0.1) is 0 Å². The highest BCUT2D eigenvalue weighted by Crippen LogP contribution is 2.25. The Morgan fingerprint density at radius 3 is 2.56 bits per heavy atom. The quantitative estimate of drug-likeness (QED) is 0.134. The van der Waals surface area contributed by atoms with Gasteiger partial charge < -0.3 is 20.4 Å². The normalized spacial score (nSPS) is 11.5. The lowest BCUT2D eigenvalue weighted by Gasteiger charge is -2.09.